The minimum absolute atomic E-state index is 0.0234. The fourth-order valence-corrected chi connectivity index (χ4v) is 1.69. The number of anilines is 1. The summed E-state index contributed by atoms with van der Waals surface area (Å²) < 4.78 is 0. The maximum Gasteiger partial charge on any atom is 0.294 e. The van der Waals surface area contributed by atoms with Crippen LogP contribution < -0.4 is 5.73 Å². The molecule has 94 valence electrons. The van der Waals surface area contributed by atoms with Gasteiger partial charge in [-0.3, -0.25) is 14.9 Å². The summed E-state index contributed by atoms with van der Waals surface area (Å²) in [6, 6.07) is 2.63. The average molecular weight is 285 g/mol. The van der Waals surface area contributed by atoms with Gasteiger partial charge in [0.15, 0.2) is 5.12 Å². The Morgan fingerprint density at radius 2 is 2.28 bits per heavy atom. The number of thioether (sulfide) groups is 1. The number of carbonyl (C=O) groups is 1. The van der Waals surface area contributed by atoms with Crippen molar-refractivity contribution in [2.75, 3.05) is 11.5 Å². The van der Waals surface area contributed by atoms with E-state index in [2.05, 4.69) is 11.8 Å². The molecule has 0 bridgehead atoms. The van der Waals surface area contributed by atoms with Crippen LogP contribution in [0, 0.1) is 22.0 Å². The summed E-state index contributed by atoms with van der Waals surface area (Å²) in [7, 11) is 0. The summed E-state index contributed by atoms with van der Waals surface area (Å²) in [4.78, 5) is 20.8. The van der Waals surface area contributed by atoms with Gasteiger partial charge in [0.05, 0.1) is 16.2 Å². The predicted molar refractivity (Wildman–Crippen MR) is 72.5 cm³/mol. The highest BCUT2D eigenvalue weighted by molar-refractivity contribution is 8.13. The molecule has 0 fully saturated rings. The number of nitro groups is 1. The van der Waals surface area contributed by atoms with E-state index in [4.69, 9.17) is 17.3 Å². The van der Waals surface area contributed by atoms with Crippen molar-refractivity contribution in [2.45, 2.75) is 6.92 Å². The first kappa shape index (κ1) is 14.4. The van der Waals surface area contributed by atoms with Crippen molar-refractivity contribution < 1.29 is 9.72 Å². The first-order chi connectivity index (χ1) is 8.41. The first-order valence-electron chi connectivity index (χ1n) is 4.77. The molecule has 0 radical (unpaired) electrons. The monoisotopic (exact) mass is 284 g/mol. The molecule has 0 saturated carbocycles. The summed E-state index contributed by atoms with van der Waals surface area (Å²) >= 11 is 6.79. The zero-order valence-corrected chi connectivity index (χ0v) is 11.0. The molecule has 18 heavy (non-hydrogen) atoms. The molecule has 1 aromatic carbocycles. The second-order valence-corrected chi connectivity index (χ2v) is 4.81. The van der Waals surface area contributed by atoms with Crippen LogP contribution >= 0.6 is 23.4 Å². The zero-order chi connectivity index (χ0) is 13.7. The molecule has 0 aliphatic carbocycles. The lowest BCUT2D eigenvalue weighted by Gasteiger charge is -2.00. The molecule has 1 rings (SSSR count). The normalized spacial score (nSPS) is 9.44. The van der Waals surface area contributed by atoms with Gasteiger partial charge in [0.25, 0.3) is 5.69 Å². The van der Waals surface area contributed by atoms with Crippen molar-refractivity contribution in [2.24, 2.45) is 0 Å². The number of rotatable bonds is 2. The number of nitro benzene ring substituents is 1. The Hall–Kier alpha value is -1.71. The van der Waals surface area contributed by atoms with Gasteiger partial charge in [0.1, 0.15) is 5.69 Å². The lowest BCUT2D eigenvalue weighted by Crippen LogP contribution is -1.98. The van der Waals surface area contributed by atoms with Crippen molar-refractivity contribution in [3.63, 3.8) is 0 Å². The second kappa shape index (κ2) is 6.28. The molecule has 7 heteroatoms. The van der Waals surface area contributed by atoms with Crippen LogP contribution in [0.25, 0.3) is 0 Å². The van der Waals surface area contributed by atoms with Gasteiger partial charge in [-0.2, -0.15) is 0 Å². The van der Waals surface area contributed by atoms with E-state index in [1.54, 1.807) is 0 Å². The van der Waals surface area contributed by atoms with E-state index >= 15 is 0 Å². The fourth-order valence-electron chi connectivity index (χ4n) is 1.13. The molecular formula is C11H9ClN2O3S. The van der Waals surface area contributed by atoms with Crippen LogP contribution in [-0.2, 0) is 4.79 Å². The highest BCUT2D eigenvalue weighted by atomic mass is 35.5. The maximum atomic E-state index is 10.7. The molecule has 0 aliphatic rings. The molecule has 1 aromatic rings. The number of nitrogens with two attached hydrogens (primary N) is 1. The Morgan fingerprint density at radius 1 is 1.61 bits per heavy atom. The van der Waals surface area contributed by atoms with Gasteiger partial charge in [-0.05, 0) is 6.07 Å². The molecule has 0 unspecified atom stereocenters. The largest absolute Gasteiger partial charge is 0.392 e. The SMILES string of the molecule is CC(=O)SCC#Cc1cc(Cl)cc([N+](=O)[O-])c1N. The van der Waals surface area contributed by atoms with Gasteiger partial charge in [-0.25, -0.2) is 0 Å². The Labute approximate surface area is 113 Å². The van der Waals surface area contributed by atoms with E-state index in [1.807, 2.05) is 0 Å². The smallest absolute Gasteiger partial charge is 0.294 e. The molecule has 0 saturated heterocycles. The van der Waals surface area contributed by atoms with Crippen molar-refractivity contribution in [3.8, 4) is 11.8 Å². The average Bonchev–Trinajstić information content (AvgIpc) is 2.27. The third kappa shape index (κ3) is 3.95. The van der Waals surface area contributed by atoms with Crippen LogP contribution in [0.15, 0.2) is 12.1 Å². The molecule has 0 heterocycles. The van der Waals surface area contributed by atoms with E-state index in [-0.39, 0.29) is 21.5 Å². The summed E-state index contributed by atoms with van der Waals surface area (Å²) in [6.45, 7) is 1.44. The Morgan fingerprint density at radius 3 is 2.83 bits per heavy atom. The molecule has 0 spiro atoms. The molecule has 2 N–H and O–H groups in total. The molecule has 0 aromatic heterocycles. The number of nitrogen functional groups attached to an aromatic ring is 1. The Kier molecular flexibility index (Phi) is 5.01. The number of hydrogen-bond donors (Lipinski definition) is 1. The quantitative estimate of drug-likeness (QED) is 0.390. The van der Waals surface area contributed by atoms with Gasteiger partial charge in [0.2, 0.25) is 0 Å². The zero-order valence-electron chi connectivity index (χ0n) is 9.40. The standard InChI is InChI=1S/C11H9ClN2O3S/c1-7(15)18-4-2-3-8-5-9(12)6-10(11(8)13)14(16)17/h5-6H,4,13H2,1H3. The molecule has 0 amide bonds. The van der Waals surface area contributed by atoms with Crippen LogP contribution in [-0.4, -0.2) is 15.8 Å². The maximum absolute atomic E-state index is 10.7. The topological polar surface area (TPSA) is 86.2 Å². The summed E-state index contributed by atoms with van der Waals surface area (Å²) in [6.07, 6.45) is 0. The third-order valence-electron chi connectivity index (χ3n) is 1.89. The lowest BCUT2D eigenvalue weighted by atomic mass is 10.1. The molecule has 0 aliphatic heterocycles. The Bertz CT molecular complexity index is 563. The van der Waals surface area contributed by atoms with Crippen molar-refractivity contribution in [1.29, 1.82) is 0 Å². The van der Waals surface area contributed by atoms with Crippen LogP contribution in [0.2, 0.25) is 5.02 Å². The highest BCUT2D eigenvalue weighted by Crippen LogP contribution is 2.28. The van der Waals surface area contributed by atoms with Gasteiger partial charge in [-0.15, -0.1) is 0 Å². The number of halogens is 1. The van der Waals surface area contributed by atoms with Crippen molar-refractivity contribution in [3.05, 3.63) is 32.8 Å². The lowest BCUT2D eigenvalue weighted by molar-refractivity contribution is -0.383. The third-order valence-corrected chi connectivity index (χ3v) is 2.80. The van der Waals surface area contributed by atoms with E-state index in [0.29, 0.717) is 11.3 Å². The minimum Gasteiger partial charge on any atom is -0.392 e. The number of nitrogens with zero attached hydrogens (tertiary/aromatic N) is 1. The predicted octanol–water partition coefficient (Wildman–Crippen LogP) is 2.46. The Balaban J connectivity index is 3.02. The number of carbonyl (C=O) groups excluding carboxylic acids is 1. The minimum atomic E-state index is -0.614. The van der Waals surface area contributed by atoms with Crippen LogP contribution in [0.4, 0.5) is 11.4 Å². The van der Waals surface area contributed by atoms with Crippen molar-refractivity contribution >= 4 is 39.9 Å². The van der Waals surface area contributed by atoms with E-state index < -0.39 is 4.92 Å². The van der Waals surface area contributed by atoms with E-state index in [1.165, 1.54) is 19.1 Å². The molecular weight excluding hydrogens is 276 g/mol. The van der Waals surface area contributed by atoms with Gasteiger partial charge in [0, 0.05) is 18.0 Å². The number of benzene rings is 1. The summed E-state index contributed by atoms with van der Waals surface area (Å²) in [5, 5.41) is 10.9. The van der Waals surface area contributed by atoms with E-state index in [9.17, 15) is 14.9 Å². The highest BCUT2D eigenvalue weighted by Gasteiger charge is 2.15. The number of hydrogen-bond acceptors (Lipinski definition) is 5. The van der Waals surface area contributed by atoms with Crippen LogP contribution in [0.3, 0.4) is 0 Å². The van der Waals surface area contributed by atoms with Gasteiger partial charge < -0.3 is 5.73 Å². The van der Waals surface area contributed by atoms with Crippen molar-refractivity contribution in [1.82, 2.24) is 0 Å². The molecule has 0 atom stereocenters. The van der Waals surface area contributed by atoms with Crippen LogP contribution in [0.1, 0.15) is 12.5 Å². The van der Waals surface area contributed by atoms with Crippen LogP contribution in [0.5, 0.6) is 0 Å². The van der Waals surface area contributed by atoms with E-state index in [0.717, 1.165) is 11.8 Å². The molecule has 5 nitrogen and oxygen atoms in total. The van der Waals surface area contributed by atoms with Gasteiger partial charge in [-0.1, -0.05) is 35.2 Å². The fraction of sp³-hybridized carbons (Fsp3) is 0.182. The second-order valence-electron chi connectivity index (χ2n) is 3.23. The summed E-state index contributed by atoms with van der Waals surface area (Å²) in [5.41, 5.74) is 5.61. The summed E-state index contributed by atoms with van der Waals surface area (Å²) in [5.74, 6) is 5.67. The first-order valence-corrected chi connectivity index (χ1v) is 6.14. The van der Waals surface area contributed by atoms with Gasteiger partial charge >= 0.3 is 0 Å².